The normalized spacial score (nSPS) is 35.0. The lowest BCUT2D eigenvalue weighted by molar-refractivity contribution is -0.153. The van der Waals surface area contributed by atoms with Crippen molar-refractivity contribution in [2.24, 2.45) is 17.6 Å². The molecule has 7 heteroatoms. The van der Waals surface area contributed by atoms with Gasteiger partial charge in [-0.15, -0.1) is 0 Å². The second kappa shape index (κ2) is 3.50. The van der Waals surface area contributed by atoms with E-state index in [0.717, 1.165) is 0 Å². The minimum absolute atomic E-state index is 0.243. The van der Waals surface area contributed by atoms with Gasteiger partial charge in [0.05, 0.1) is 11.8 Å². The molecule has 0 aromatic carbocycles. The Labute approximate surface area is 84.5 Å². The van der Waals surface area contributed by atoms with Crippen LogP contribution < -0.4 is 5.73 Å². The van der Waals surface area contributed by atoms with E-state index in [2.05, 4.69) is 0 Å². The average molecular weight is 217 g/mol. The Bertz CT molecular complexity index is 327. The molecule has 0 amide bonds. The highest BCUT2D eigenvalue weighted by Gasteiger charge is 2.55. The van der Waals surface area contributed by atoms with Crippen molar-refractivity contribution < 1.29 is 29.7 Å². The van der Waals surface area contributed by atoms with E-state index >= 15 is 0 Å². The molecule has 3 atom stereocenters. The van der Waals surface area contributed by atoms with Gasteiger partial charge in [-0.25, -0.2) is 0 Å². The van der Waals surface area contributed by atoms with Gasteiger partial charge in [-0.1, -0.05) is 0 Å². The van der Waals surface area contributed by atoms with E-state index in [1.165, 1.54) is 0 Å². The third-order valence-corrected chi connectivity index (χ3v) is 2.77. The predicted molar refractivity (Wildman–Crippen MR) is 46.0 cm³/mol. The van der Waals surface area contributed by atoms with Crippen LogP contribution in [0.5, 0.6) is 0 Å². The van der Waals surface area contributed by atoms with E-state index in [1.807, 2.05) is 0 Å². The molecule has 0 bridgehead atoms. The van der Waals surface area contributed by atoms with Crippen molar-refractivity contribution in [3.8, 4) is 0 Å². The molecule has 1 aliphatic carbocycles. The van der Waals surface area contributed by atoms with E-state index < -0.39 is 35.3 Å². The zero-order valence-electron chi connectivity index (χ0n) is 7.71. The fourth-order valence-electron chi connectivity index (χ4n) is 1.87. The number of carbonyl (C=O) groups is 3. The number of aliphatic carboxylic acids is 3. The first kappa shape index (κ1) is 11.4. The maximum absolute atomic E-state index is 10.8. The van der Waals surface area contributed by atoms with E-state index in [1.54, 1.807) is 0 Å². The second-order valence-electron chi connectivity index (χ2n) is 3.71. The molecule has 7 nitrogen and oxygen atoms in total. The molecule has 0 aromatic rings. The molecular weight excluding hydrogens is 206 g/mol. The number of nitrogens with two attached hydrogens (primary N) is 1. The molecule has 0 saturated heterocycles. The summed E-state index contributed by atoms with van der Waals surface area (Å²) in [5.74, 6) is -6.42. The zero-order chi connectivity index (χ0) is 11.8. The van der Waals surface area contributed by atoms with E-state index in [4.69, 9.17) is 21.1 Å². The van der Waals surface area contributed by atoms with Gasteiger partial charge in [0.25, 0.3) is 0 Å². The number of carboxylic acid groups (broad SMARTS) is 3. The molecule has 0 spiro atoms. The molecule has 1 aliphatic rings. The summed E-state index contributed by atoms with van der Waals surface area (Å²) in [4.78, 5) is 32.2. The quantitative estimate of drug-likeness (QED) is 0.473. The molecule has 1 fully saturated rings. The summed E-state index contributed by atoms with van der Waals surface area (Å²) in [7, 11) is 0. The monoisotopic (exact) mass is 217 g/mol. The van der Waals surface area contributed by atoms with Crippen LogP contribution in [0, 0.1) is 11.8 Å². The third kappa shape index (κ3) is 1.78. The van der Waals surface area contributed by atoms with Gasteiger partial charge in [0.2, 0.25) is 0 Å². The highest BCUT2D eigenvalue weighted by Crippen LogP contribution is 2.38. The molecule has 0 radical (unpaired) electrons. The Hall–Kier alpha value is -1.63. The van der Waals surface area contributed by atoms with Gasteiger partial charge < -0.3 is 21.1 Å². The Balaban J connectivity index is 3.00. The van der Waals surface area contributed by atoms with Gasteiger partial charge >= 0.3 is 17.9 Å². The number of hydrogen-bond acceptors (Lipinski definition) is 4. The van der Waals surface area contributed by atoms with Crippen LogP contribution in [-0.2, 0) is 14.4 Å². The van der Waals surface area contributed by atoms with Crippen molar-refractivity contribution in [1.29, 1.82) is 0 Å². The molecule has 0 heterocycles. The zero-order valence-corrected chi connectivity index (χ0v) is 7.71. The number of hydrogen-bond donors (Lipinski definition) is 4. The van der Waals surface area contributed by atoms with Crippen LogP contribution in [0.15, 0.2) is 0 Å². The maximum atomic E-state index is 10.8. The molecule has 1 saturated carbocycles. The molecule has 5 N–H and O–H groups in total. The summed E-state index contributed by atoms with van der Waals surface area (Å²) in [5.41, 5.74) is 3.45. The van der Waals surface area contributed by atoms with Gasteiger partial charge in [-0.2, -0.15) is 0 Å². The van der Waals surface area contributed by atoms with Crippen LogP contribution >= 0.6 is 0 Å². The van der Waals surface area contributed by atoms with E-state index in [9.17, 15) is 14.4 Å². The maximum Gasteiger partial charge on any atom is 0.324 e. The minimum atomic E-state index is -1.98. The Morgan fingerprint density at radius 2 is 1.67 bits per heavy atom. The minimum Gasteiger partial charge on any atom is -0.481 e. The molecule has 15 heavy (non-hydrogen) atoms. The summed E-state index contributed by atoms with van der Waals surface area (Å²) in [5, 5.41) is 26.3. The molecule has 0 aromatic heterocycles. The fourth-order valence-corrected chi connectivity index (χ4v) is 1.87. The topological polar surface area (TPSA) is 138 Å². The van der Waals surface area contributed by atoms with Crippen molar-refractivity contribution in [3.63, 3.8) is 0 Å². The van der Waals surface area contributed by atoms with Crippen LogP contribution in [0.2, 0.25) is 0 Å². The van der Waals surface area contributed by atoms with Gasteiger partial charge in [-0.05, 0) is 12.8 Å². The first-order chi connectivity index (χ1) is 6.79. The van der Waals surface area contributed by atoms with E-state index in [0.29, 0.717) is 0 Å². The molecule has 2 unspecified atom stereocenters. The first-order valence-corrected chi connectivity index (χ1v) is 4.27. The fraction of sp³-hybridized carbons (Fsp3) is 0.625. The smallest absolute Gasteiger partial charge is 0.324 e. The predicted octanol–water partition coefficient (Wildman–Crippen LogP) is -1.04. The SMILES string of the molecule is NC1(C(=O)O)C[C@@H](C(=O)O)CC1C(=O)O. The van der Waals surface area contributed by atoms with E-state index in [-0.39, 0.29) is 12.8 Å². The number of carboxylic acids is 3. The Kier molecular flexibility index (Phi) is 2.67. The molecule has 0 aliphatic heterocycles. The lowest BCUT2D eigenvalue weighted by Crippen LogP contribution is -2.53. The lowest BCUT2D eigenvalue weighted by atomic mass is 9.88. The van der Waals surface area contributed by atoms with Crippen LogP contribution in [0.3, 0.4) is 0 Å². The third-order valence-electron chi connectivity index (χ3n) is 2.77. The molecular formula is C8H11NO6. The van der Waals surface area contributed by atoms with Crippen LogP contribution in [-0.4, -0.2) is 38.8 Å². The summed E-state index contributed by atoms with van der Waals surface area (Å²) in [6, 6.07) is 0. The van der Waals surface area contributed by atoms with Crippen LogP contribution in [0.4, 0.5) is 0 Å². The summed E-state index contributed by atoms with van der Waals surface area (Å²) < 4.78 is 0. The van der Waals surface area contributed by atoms with Crippen molar-refractivity contribution in [3.05, 3.63) is 0 Å². The van der Waals surface area contributed by atoms with Crippen molar-refractivity contribution in [2.75, 3.05) is 0 Å². The number of rotatable bonds is 3. The molecule has 1 rings (SSSR count). The second-order valence-corrected chi connectivity index (χ2v) is 3.71. The van der Waals surface area contributed by atoms with Crippen LogP contribution in [0.25, 0.3) is 0 Å². The molecule has 84 valence electrons. The largest absolute Gasteiger partial charge is 0.481 e. The van der Waals surface area contributed by atoms with Crippen molar-refractivity contribution in [2.45, 2.75) is 18.4 Å². The summed E-state index contributed by atoms with van der Waals surface area (Å²) in [6.07, 6.45) is -0.595. The van der Waals surface area contributed by atoms with Gasteiger partial charge in [-0.3, -0.25) is 14.4 Å². The highest BCUT2D eigenvalue weighted by atomic mass is 16.4. The highest BCUT2D eigenvalue weighted by molar-refractivity contribution is 5.89. The summed E-state index contributed by atoms with van der Waals surface area (Å²) in [6.45, 7) is 0. The average Bonchev–Trinajstić information content (AvgIpc) is 2.44. The standard InChI is InChI=1S/C8H11NO6/c9-8(7(14)15)2-3(5(10)11)1-4(8)6(12)13/h3-4H,1-2,9H2,(H,10,11)(H,12,13)(H,14,15)/t3-,4?,8?/m0/s1. The van der Waals surface area contributed by atoms with Gasteiger partial charge in [0.15, 0.2) is 0 Å². The lowest BCUT2D eigenvalue weighted by Gasteiger charge is -2.22. The van der Waals surface area contributed by atoms with Crippen molar-refractivity contribution in [1.82, 2.24) is 0 Å². The van der Waals surface area contributed by atoms with Gasteiger partial charge in [0, 0.05) is 0 Å². The Morgan fingerprint density at radius 3 is 1.93 bits per heavy atom. The van der Waals surface area contributed by atoms with Crippen molar-refractivity contribution >= 4 is 17.9 Å². The summed E-state index contributed by atoms with van der Waals surface area (Å²) >= 11 is 0. The first-order valence-electron chi connectivity index (χ1n) is 4.27. The van der Waals surface area contributed by atoms with Gasteiger partial charge in [0.1, 0.15) is 5.54 Å². The van der Waals surface area contributed by atoms with Crippen LogP contribution in [0.1, 0.15) is 12.8 Å². The Morgan fingerprint density at radius 1 is 1.13 bits per heavy atom.